The van der Waals surface area contributed by atoms with Crippen LogP contribution in [0.4, 0.5) is 4.39 Å². The van der Waals surface area contributed by atoms with Gasteiger partial charge >= 0.3 is 0 Å². The molecule has 0 amide bonds. The fourth-order valence-corrected chi connectivity index (χ4v) is 1.93. The van der Waals surface area contributed by atoms with Gasteiger partial charge in [0.2, 0.25) is 0 Å². The Morgan fingerprint density at radius 1 is 1.28 bits per heavy atom. The van der Waals surface area contributed by atoms with Crippen LogP contribution in [0, 0.1) is 5.82 Å². The number of carbonyl (C=O) groups excluding carboxylic acids is 1. The van der Waals surface area contributed by atoms with E-state index in [0.717, 1.165) is 0 Å². The Hall–Kier alpha value is -1.87. The molecule has 2 rings (SSSR count). The van der Waals surface area contributed by atoms with Crippen LogP contribution >= 0.6 is 11.6 Å². The molecule has 0 aliphatic rings. The fourth-order valence-electron chi connectivity index (χ4n) is 1.70. The van der Waals surface area contributed by atoms with Crippen molar-refractivity contribution in [3.8, 4) is 5.75 Å². The summed E-state index contributed by atoms with van der Waals surface area (Å²) in [6, 6.07) is 9.07. The number of halogens is 2. The Balaban J connectivity index is 2.34. The van der Waals surface area contributed by atoms with Crippen LogP contribution in [0.3, 0.4) is 0 Å². The number of aromatic hydroxyl groups is 1. The van der Waals surface area contributed by atoms with E-state index in [-0.39, 0.29) is 23.6 Å². The molecule has 0 radical (unpaired) electrons. The average molecular weight is 265 g/mol. The van der Waals surface area contributed by atoms with Crippen LogP contribution in [0.1, 0.15) is 21.5 Å². The minimum absolute atomic E-state index is 0.116. The van der Waals surface area contributed by atoms with Gasteiger partial charge in [-0.2, -0.15) is 0 Å². The van der Waals surface area contributed by atoms with E-state index < -0.39 is 0 Å². The summed E-state index contributed by atoms with van der Waals surface area (Å²) in [6.07, 6.45) is 0.827. The third-order valence-electron chi connectivity index (χ3n) is 2.66. The second kappa shape index (κ2) is 5.19. The minimum Gasteiger partial charge on any atom is -0.507 e. The van der Waals surface area contributed by atoms with E-state index in [4.69, 9.17) is 11.6 Å². The third kappa shape index (κ3) is 2.51. The van der Waals surface area contributed by atoms with Crippen LogP contribution in [-0.4, -0.2) is 11.4 Å². The molecule has 2 aromatic carbocycles. The summed E-state index contributed by atoms with van der Waals surface area (Å²) in [5.41, 5.74) is 1.26. The molecule has 0 aliphatic heterocycles. The predicted octanol–water partition coefficient (Wildman–Crippen LogP) is 3.59. The first-order chi connectivity index (χ1) is 8.61. The second-order valence-electron chi connectivity index (χ2n) is 3.89. The fraction of sp³-hybridized carbons (Fsp3) is 0.0714. The van der Waals surface area contributed by atoms with Gasteiger partial charge in [-0.25, -0.2) is 4.39 Å². The number of phenols is 1. The topological polar surface area (TPSA) is 37.3 Å². The van der Waals surface area contributed by atoms with Crippen molar-refractivity contribution in [3.63, 3.8) is 0 Å². The standard InChI is InChI=1S/C14H10ClFO2/c15-12-2-1-3-13(16)11(12)6-9-4-5-10(8-17)14(18)7-9/h1-5,7-8,18H,6H2. The van der Waals surface area contributed by atoms with Gasteiger partial charge in [-0.1, -0.05) is 23.7 Å². The zero-order valence-corrected chi connectivity index (χ0v) is 10.1. The van der Waals surface area contributed by atoms with E-state index in [9.17, 15) is 14.3 Å². The first-order valence-corrected chi connectivity index (χ1v) is 5.69. The van der Waals surface area contributed by atoms with Gasteiger partial charge in [-0.3, -0.25) is 4.79 Å². The highest BCUT2D eigenvalue weighted by Crippen LogP contribution is 2.24. The van der Waals surface area contributed by atoms with Crippen LogP contribution < -0.4 is 0 Å². The van der Waals surface area contributed by atoms with Crippen LogP contribution in [0.5, 0.6) is 5.75 Å². The summed E-state index contributed by atoms with van der Waals surface area (Å²) in [5, 5.41) is 9.89. The largest absolute Gasteiger partial charge is 0.507 e. The van der Waals surface area contributed by atoms with Crippen molar-refractivity contribution in [2.75, 3.05) is 0 Å². The first kappa shape index (κ1) is 12.6. The lowest BCUT2D eigenvalue weighted by Gasteiger charge is -2.07. The normalized spacial score (nSPS) is 10.3. The summed E-state index contributed by atoms with van der Waals surface area (Å²) in [6.45, 7) is 0. The summed E-state index contributed by atoms with van der Waals surface area (Å²) >= 11 is 5.92. The molecule has 92 valence electrons. The van der Waals surface area contributed by atoms with Gasteiger partial charge in [0.15, 0.2) is 6.29 Å². The monoisotopic (exact) mass is 264 g/mol. The predicted molar refractivity (Wildman–Crippen MR) is 67.7 cm³/mol. The Morgan fingerprint density at radius 2 is 2.06 bits per heavy atom. The minimum atomic E-state index is -0.388. The molecule has 4 heteroatoms. The number of carbonyl (C=O) groups is 1. The molecule has 0 spiro atoms. The molecule has 0 aromatic heterocycles. The Labute approximate surface area is 109 Å². The van der Waals surface area contributed by atoms with Gasteiger partial charge in [0.25, 0.3) is 0 Å². The smallest absolute Gasteiger partial charge is 0.153 e. The Morgan fingerprint density at radius 3 is 2.67 bits per heavy atom. The van der Waals surface area contributed by atoms with Crippen molar-refractivity contribution in [1.29, 1.82) is 0 Å². The lowest BCUT2D eigenvalue weighted by atomic mass is 10.0. The Kier molecular flexibility index (Phi) is 3.63. The van der Waals surface area contributed by atoms with E-state index in [2.05, 4.69) is 0 Å². The average Bonchev–Trinajstić information content (AvgIpc) is 2.34. The van der Waals surface area contributed by atoms with E-state index in [1.165, 1.54) is 24.3 Å². The molecule has 2 nitrogen and oxygen atoms in total. The van der Waals surface area contributed by atoms with E-state index in [1.807, 2.05) is 0 Å². The second-order valence-corrected chi connectivity index (χ2v) is 4.30. The lowest BCUT2D eigenvalue weighted by molar-refractivity contribution is 0.112. The van der Waals surface area contributed by atoms with Gasteiger partial charge < -0.3 is 5.11 Å². The maximum Gasteiger partial charge on any atom is 0.153 e. The molecular weight excluding hydrogens is 255 g/mol. The first-order valence-electron chi connectivity index (χ1n) is 5.32. The van der Waals surface area contributed by atoms with Gasteiger partial charge in [0.1, 0.15) is 11.6 Å². The molecule has 0 heterocycles. The zero-order valence-electron chi connectivity index (χ0n) is 9.36. The highest BCUT2D eigenvalue weighted by Gasteiger charge is 2.09. The van der Waals surface area contributed by atoms with Crippen molar-refractivity contribution in [3.05, 3.63) is 63.9 Å². The van der Waals surface area contributed by atoms with Crippen molar-refractivity contribution in [2.45, 2.75) is 6.42 Å². The quantitative estimate of drug-likeness (QED) is 0.860. The number of hydrogen-bond acceptors (Lipinski definition) is 2. The SMILES string of the molecule is O=Cc1ccc(Cc2c(F)cccc2Cl)cc1O. The molecule has 0 saturated carbocycles. The molecule has 1 N–H and O–H groups in total. The van der Waals surface area contributed by atoms with Gasteiger partial charge in [0.05, 0.1) is 5.56 Å². The third-order valence-corrected chi connectivity index (χ3v) is 3.02. The van der Waals surface area contributed by atoms with Crippen molar-refractivity contribution < 1.29 is 14.3 Å². The number of benzene rings is 2. The molecule has 0 atom stereocenters. The number of hydrogen-bond donors (Lipinski definition) is 1. The summed E-state index contributed by atoms with van der Waals surface area (Å²) in [7, 11) is 0. The molecule has 0 aliphatic carbocycles. The van der Waals surface area contributed by atoms with Crippen LogP contribution in [0.15, 0.2) is 36.4 Å². The molecule has 0 bridgehead atoms. The summed E-state index contributed by atoms with van der Waals surface area (Å²) < 4.78 is 13.6. The van der Waals surface area contributed by atoms with Crippen molar-refractivity contribution in [2.24, 2.45) is 0 Å². The van der Waals surface area contributed by atoms with E-state index in [0.29, 0.717) is 22.4 Å². The van der Waals surface area contributed by atoms with Crippen molar-refractivity contribution in [1.82, 2.24) is 0 Å². The lowest BCUT2D eigenvalue weighted by Crippen LogP contribution is -1.94. The molecule has 0 unspecified atom stereocenters. The van der Waals surface area contributed by atoms with Crippen LogP contribution in [0.2, 0.25) is 5.02 Å². The highest BCUT2D eigenvalue weighted by atomic mass is 35.5. The van der Waals surface area contributed by atoms with E-state index in [1.54, 1.807) is 12.1 Å². The van der Waals surface area contributed by atoms with Crippen LogP contribution in [0.25, 0.3) is 0 Å². The molecule has 0 saturated heterocycles. The maximum absolute atomic E-state index is 13.6. The zero-order chi connectivity index (χ0) is 13.1. The number of aldehydes is 1. The molecule has 0 fully saturated rings. The number of phenolic OH excluding ortho intramolecular Hbond substituents is 1. The summed E-state index contributed by atoms with van der Waals surface area (Å²) in [4.78, 5) is 10.6. The Bertz CT molecular complexity index is 576. The van der Waals surface area contributed by atoms with Gasteiger partial charge in [-0.15, -0.1) is 0 Å². The maximum atomic E-state index is 13.6. The molecular formula is C14H10ClFO2. The van der Waals surface area contributed by atoms with Gasteiger partial charge in [0, 0.05) is 17.0 Å². The summed E-state index contributed by atoms with van der Waals surface area (Å²) in [5.74, 6) is -0.503. The van der Waals surface area contributed by atoms with E-state index >= 15 is 0 Å². The number of rotatable bonds is 3. The van der Waals surface area contributed by atoms with Gasteiger partial charge in [-0.05, 0) is 29.8 Å². The highest BCUT2D eigenvalue weighted by molar-refractivity contribution is 6.31. The molecule has 18 heavy (non-hydrogen) atoms. The van der Waals surface area contributed by atoms with Crippen molar-refractivity contribution >= 4 is 17.9 Å². The molecule has 2 aromatic rings. The van der Waals surface area contributed by atoms with Crippen LogP contribution in [-0.2, 0) is 6.42 Å².